The zero-order valence-corrected chi connectivity index (χ0v) is 14.2. The minimum atomic E-state index is -3.63. The summed E-state index contributed by atoms with van der Waals surface area (Å²) in [5, 5.41) is 0. The quantitative estimate of drug-likeness (QED) is 0.867. The molecule has 0 aliphatic rings. The number of benzene rings is 2. The molecule has 0 atom stereocenters. The highest BCUT2D eigenvalue weighted by molar-refractivity contribution is 9.10. The number of hydrogen-bond donors (Lipinski definition) is 1. The van der Waals surface area contributed by atoms with E-state index >= 15 is 0 Å². The van der Waals surface area contributed by atoms with E-state index in [2.05, 4.69) is 20.7 Å². The highest BCUT2D eigenvalue weighted by Gasteiger charge is 2.16. The molecule has 0 bridgehead atoms. The molecule has 0 spiro atoms. The van der Waals surface area contributed by atoms with Crippen LogP contribution in [0.3, 0.4) is 0 Å². The first kappa shape index (κ1) is 15.9. The van der Waals surface area contributed by atoms with Gasteiger partial charge in [-0.1, -0.05) is 22.0 Å². The predicted molar refractivity (Wildman–Crippen MR) is 87.3 cm³/mol. The third-order valence-corrected chi connectivity index (χ3v) is 4.72. The van der Waals surface area contributed by atoms with Crippen molar-refractivity contribution in [2.75, 3.05) is 11.3 Å². The maximum atomic E-state index is 12.4. The average molecular weight is 370 g/mol. The summed E-state index contributed by atoms with van der Waals surface area (Å²) in [6.45, 7) is 4.25. The zero-order valence-electron chi connectivity index (χ0n) is 11.8. The Labute approximate surface area is 133 Å². The minimum absolute atomic E-state index is 0.203. The fourth-order valence-corrected chi connectivity index (χ4v) is 3.14. The van der Waals surface area contributed by atoms with Gasteiger partial charge in [-0.25, -0.2) is 8.42 Å². The summed E-state index contributed by atoms with van der Waals surface area (Å²) in [4.78, 5) is 0.203. The number of ether oxygens (including phenoxy) is 1. The van der Waals surface area contributed by atoms with Crippen molar-refractivity contribution >= 4 is 31.6 Å². The van der Waals surface area contributed by atoms with Crippen molar-refractivity contribution in [1.29, 1.82) is 0 Å². The SMILES string of the molecule is CCOc1cc(C)ccc1NS(=O)(=O)c1ccc(Br)cc1. The fraction of sp³-hybridized carbons (Fsp3) is 0.200. The second-order valence-corrected chi connectivity index (χ2v) is 7.09. The Morgan fingerprint density at radius 1 is 1.14 bits per heavy atom. The lowest BCUT2D eigenvalue weighted by Gasteiger charge is -2.13. The van der Waals surface area contributed by atoms with Gasteiger partial charge in [0.15, 0.2) is 0 Å². The number of nitrogens with one attached hydrogen (secondary N) is 1. The summed E-state index contributed by atoms with van der Waals surface area (Å²) in [6, 6.07) is 11.8. The Morgan fingerprint density at radius 3 is 2.43 bits per heavy atom. The standard InChI is InChI=1S/C15H16BrNO3S/c1-3-20-15-10-11(2)4-9-14(15)17-21(18,19)13-7-5-12(16)6-8-13/h4-10,17H,3H2,1-2H3. The summed E-state index contributed by atoms with van der Waals surface area (Å²) < 4.78 is 33.6. The van der Waals surface area contributed by atoms with Crippen LogP contribution in [0.2, 0.25) is 0 Å². The van der Waals surface area contributed by atoms with E-state index in [1.165, 1.54) is 0 Å². The van der Waals surface area contributed by atoms with Gasteiger partial charge in [-0.2, -0.15) is 0 Å². The van der Waals surface area contributed by atoms with E-state index in [-0.39, 0.29) is 4.90 Å². The topological polar surface area (TPSA) is 55.4 Å². The average Bonchev–Trinajstić information content (AvgIpc) is 2.42. The molecule has 4 nitrogen and oxygen atoms in total. The summed E-state index contributed by atoms with van der Waals surface area (Å²) in [7, 11) is -3.63. The first-order chi connectivity index (χ1) is 9.92. The van der Waals surface area contributed by atoms with Gasteiger partial charge in [-0.05, 0) is 55.8 Å². The molecule has 1 N–H and O–H groups in total. The summed E-state index contributed by atoms with van der Waals surface area (Å²) >= 11 is 3.28. The zero-order chi connectivity index (χ0) is 15.5. The molecule has 2 aromatic carbocycles. The first-order valence-electron chi connectivity index (χ1n) is 6.44. The lowest BCUT2D eigenvalue weighted by Crippen LogP contribution is -2.14. The molecule has 112 valence electrons. The molecule has 0 saturated heterocycles. The Kier molecular flexibility index (Phi) is 4.90. The Hall–Kier alpha value is -1.53. The van der Waals surface area contributed by atoms with Crippen molar-refractivity contribution in [3.63, 3.8) is 0 Å². The van der Waals surface area contributed by atoms with Gasteiger partial charge >= 0.3 is 0 Å². The van der Waals surface area contributed by atoms with Gasteiger partial charge in [0.1, 0.15) is 5.75 Å². The maximum Gasteiger partial charge on any atom is 0.262 e. The van der Waals surface area contributed by atoms with Crippen LogP contribution in [-0.4, -0.2) is 15.0 Å². The van der Waals surface area contributed by atoms with Crippen LogP contribution in [0.15, 0.2) is 51.8 Å². The van der Waals surface area contributed by atoms with Gasteiger partial charge in [-0.15, -0.1) is 0 Å². The summed E-state index contributed by atoms with van der Waals surface area (Å²) in [5.74, 6) is 0.526. The monoisotopic (exact) mass is 369 g/mol. The van der Waals surface area contributed by atoms with Crippen LogP contribution in [0.4, 0.5) is 5.69 Å². The van der Waals surface area contributed by atoms with Crippen LogP contribution in [-0.2, 0) is 10.0 Å². The highest BCUT2D eigenvalue weighted by Crippen LogP contribution is 2.28. The van der Waals surface area contributed by atoms with E-state index in [9.17, 15) is 8.42 Å². The lowest BCUT2D eigenvalue weighted by atomic mass is 10.2. The number of hydrogen-bond acceptors (Lipinski definition) is 3. The van der Waals surface area contributed by atoms with Crippen LogP contribution in [0.25, 0.3) is 0 Å². The van der Waals surface area contributed by atoms with Crippen LogP contribution in [0, 0.1) is 6.92 Å². The molecule has 0 aliphatic carbocycles. The molecule has 0 heterocycles. The van der Waals surface area contributed by atoms with Crippen molar-refractivity contribution < 1.29 is 13.2 Å². The molecular weight excluding hydrogens is 354 g/mol. The van der Waals surface area contributed by atoms with E-state index < -0.39 is 10.0 Å². The van der Waals surface area contributed by atoms with E-state index in [0.717, 1.165) is 10.0 Å². The molecule has 0 aromatic heterocycles. The molecule has 6 heteroatoms. The van der Waals surface area contributed by atoms with Crippen LogP contribution in [0.1, 0.15) is 12.5 Å². The fourth-order valence-electron chi connectivity index (χ4n) is 1.81. The third-order valence-electron chi connectivity index (χ3n) is 2.81. The normalized spacial score (nSPS) is 11.2. The molecule has 0 unspecified atom stereocenters. The molecule has 0 saturated carbocycles. The molecule has 0 amide bonds. The smallest absolute Gasteiger partial charge is 0.262 e. The van der Waals surface area contributed by atoms with Crippen molar-refractivity contribution in [1.82, 2.24) is 0 Å². The summed E-state index contributed by atoms with van der Waals surface area (Å²) in [5.41, 5.74) is 1.44. The lowest BCUT2D eigenvalue weighted by molar-refractivity contribution is 0.342. The predicted octanol–water partition coefficient (Wildman–Crippen LogP) is 3.96. The molecule has 0 fully saturated rings. The maximum absolute atomic E-state index is 12.4. The van der Waals surface area contributed by atoms with Gasteiger partial charge < -0.3 is 4.74 Å². The van der Waals surface area contributed by atoms with Gasteiger partial charge in [0.2, 0.25) is 0 Å². The highest BCUT2D eigenvalue weighted by atomic mass is 79.9. The van der Waals surface area contributed by atoms with Crippen LogP contribution < -0.4 is 9.46 Å². The van der Waals surface area contributed by atoms with Crippen molar-refractivity contribution in [3.05, 3.63) is 52.5 Å². The van der Waals surface area contributed by atoms with E-state index in [1.807, 2.05) is 26.0 Å². The minimum Gasteiger partial charge on any atom is -0.492 e. The van der Waals surface area contributed by atoms with E-state index in [0.29, 0.717) is 18.0 Å². The first-order valence-corrected chi connectivity index (χ1v) is 8.72. The van der Waals surface area contributed by atoms with Gasteiger partial charge in [0, 0.05) is 4.47 Å². The van der Waals surface area contributed by atoms with Crippen LogP contribution >= 0.6 is 15.9 Å². The Bertz CT molecular complexity index is 727. The van der Waals surface area contributed by atoms with Crippen molar-refractivity contribution in [2.24, 2.45) is 0 Å². The van der Waals surface area contributed by atoms with Gasteiger partial charge in [0.25, 0.3) is 10.0 Å². The molecule has 0 radical (unpaired) electrons. The molecule has 0 aliphatic heterocycles. The van der Waals surface area contributed by atoms with E-state index in [1.54, 1.807) is 30.3 Å². The number of anilines is 1. The number of rotatable bonds is 5. The second kappa shape index (κ2) is 6.49. The van der Waals surface area contributed by atoms with Gasteiger partial charge in [0.05, 0.1) is 17.2 Å². The number of sulfonamides is 1. The van der Waals surface area contributed by atoms with Crippen molar-refractivity contribution in [3.8, 4) is 5.75 Å². The Balaban J connectivity index is 2.34. The van der Waals surface area contributed by atoms with Gasteiger partial charge in [-0.3, -0.25) is 4.72 Å². The molecule has 2 rings (SSSR count). The second-order valence-electron chi connectivity index (χ2n) is 4.49. The molecular formula is C15H16BrNO3S. The van der Waals surface area contributed by atoms with Crippen LogP contribution in [0.5, 0.6) is 5.75 Å². The number of aryl methyl sites for hydroxylation is 1. The molecule has 2 aromatic rings. The third kappa shape index (κ3) is 3.98. The largest absolute Gasteiger partial charge is 0.492 e. The number of halogens is 1. The Morgan fingerprint density at radius 2 is 1.81 bits per heavy atom. The van der Waals surface area contributed by atoms with Crippen molar-refractivity contribution in [2.45, 2.75) is 18.7 Å². The summed E-state index contributed by atoms with van der Waals surface area (Å²) in [6.07, 6.45) is 0. The van der Waals surface area contributed by atoms with E-state index in [4.69, 9.17) is 4.74 Å². The molecule has 21 heavy (non-hydrogen) atoms.